The van der Waals surface area contributed by atoms with E-state index in [4.69, 9.17) is 43.0 Å². The van der Waals surface area contributed by atoms with E-state index in [1.807, 2.05) is 176 Å². The second-order valence-corrected chi connectivity index (χ2v) is 30.0. The number of nitrogens with zero attached hydrogens (tertiary/aromatic N) is 12. The Morgan fingerprint density at radius 1 is 0.417 bits per heavy atom. The maximum absolute atomic E-state index is 12.9. The number of carbonyl (C=O) groups is 4. The van der Waals surface area contributed by atoms with Crippen LogP contribution in [-0.4, -0.2) is 145 Å². The summed E-state index contributed by atoms with van der Waals surface area (Å²) in [4.78, 5) is 66.7. The fraction of sp³-hybridized carbons (Fsp3) is 0.326. The fourth-order valence-electron chi connectivity index (χ4n) is 14.6. The Morgan fingerprint density at radius 3 is 1.03 bits per heavy atom. The molecule has 26 heteroatoms. The van der Waals surface area contributed by atoms with Crippen molar-refractivity contribution in [3.05, 3.63) is 215 Å². The van der Waals surface area contributed by atoms with Crippen LogP contribution in [0.2, 0.25) is 0 Å². The van der Waals surface area contributed by atoms with Gasteiger partial charge in [-0.3, -0.25) is 43.5 Å². The Kier molecular flexibility index (Phi) is 24.7. The smallest absolute Gasteiger partial charge is 0.341 e. The van der Waals surface area contributed by atoms with E-state index in [0.29, 0.717) is 75.6 Å². The zero-order valence-corrected chi connectivity index (χ0v) is 66.6. The first-order valence-electron chi connectivity index (χ1n) is 38.3. The minimum atomic E-state index is -1.46. The molecule has 0 amide bonds. The Morgan fingerprint density at radius 2 is 0.722 bits per heavy atom. The van der Waals surface area contributed by atoms with Crippen LogP contribution in [0.3, 0.4) is 0 Å². The second kappa shape index (κ2) is 35.3. The topological polar surface area (TPSA) is 305 Å². The van der Waals surface area contributed by atoms with Gasteiger partial charge in [-0.1, -0.05) is 48.5 Å². The maximum atomic E-state index is 12.9. The summed E-state index contributed by atoms with van der Waals surface area (Å²) in [5, 5.41) is 39.2. The van der Waals surface area contributed by atoms with Crippen LogP contribution in [0.25, 0.3) is 90.1 Å². The minimum absolute atomic E-state index is 0.365. The van der Waals surface area contributed by atoms with E-state index >= 15 is 0 Å². The Hall–Kier alpha value is -12.5. The number of methoxy groups -OCH3 is 2. The van der Waals surface area contributed by atoms with Crippen molar-refractivity contribution in [3.63, 3.8) is 0 Å². The van der Waals surface area contributed by atoms with Crippen molar-refractivity contribution in [3.8, 4) is 113 Å². The Balaban J connectivity index is 0.000000134. The lowest BCUT2D eigenvalue weighted by Crippen LogP contribution is -2.29. The molecule has 0 aliphatic carbocycles. The van der Waals surface area contributed by atoms with Gasteiger partial charge in [0.2, 0.25) is 0 Å². The molecule has 115 heavy (non-hydrogen) atoms. The molecular formula is C89H94N12O14. The number of pyridine rings is 4. The van der Waals surface area contributed by atoms with Crippen LogP contribution in [0.5, 0.6) is 23.0 Å². The molecule has 12 heterocycles. The van der Waals surface area contributed by atoms with Gasteiger partial charge in [0.25, 0.3) is 0 Å². The highest BCUT2D eigenvalue weighted by atomic mass is 16.6. The number of aldehydes is 1. The van der Waals surface area contributed by atoms with E-state index in [1.165, 1.54) is 24.5 Å². The third-order valence-electron chi connectivity index (χ3n) is 19.7. The quantitative estimate of drug-likeness (QED) is 0.0632. The van der Waals surface area contributed by atoms with E-state index in [2.05, 4.69) is 53.4 Å². The number of hydrogen-bond donors (Lipinski definition) is 2. The van der Waals surface area contributed by atoms with Gasteiger partial charge in [0.15, 0.2) is 24.6 Å². The van der Waals surface area contributed by atoms with Crippen LogP contribution in [0, 0.1) is 0 Å². The van der Waals surface area contributed by atoms with Gasteiger partial charge in [0.1, 0.15) is 51.5 Å². The number of aromatic nitrogens is 12. The third-order valence-corrected chi connectivity index (χ3v) is 19.7. The van der Waals surface area contributed by atoms with E-state index in [1.54, 1.807) is 60.0 Å². The molecule has 594 valence electrons. The van der Waals surface area contributed by atoms with Gasteiger partial charge in [-0.2, -0.15) is 20.4 Å². The summed E-state index contributed by atoms with van der Waals surface area (Å²) in [6.45, 7) is 14.2. The van der Waals surface area contributed by atoms with Crippen molar-refractivity contribution < 1.29 is 67.3 Å². The number of aryl methyl sites for hydroxylation is 8. The second-order valence-electron chi connectivity index (χ2n) is 30.0. The van der Waals surface area contributed by atoms with Gasteiger partial charge in [0.05, 0.1) is 91.7 Å². The average molecular weight is 1560 g/mol. The number of carboxylic acids is 1. The van der Waals surface area contributed by atoms with Crippen LogP contribution in [0.4, 0.5) is 0 Å². The average Bonchev–Trinajstić information content (AvgIpc) is 1.63. The van der Waals surface area contributed by atoms with Crippen LogP contribution < -0.4 is 18.9 Å². The number of hydrogen-bond acceptors (Lipinski definition) is 21. The zero-order valence-electron chi connectivity index (χ0n) is 66.6. The molecule has 16 rings (SSSR count). The molecule has 0 bridgehead atoms. The number of carbonyl (C=O) groups excluding carboxylic acids is 3. The molecule has 26 nitrogen and oxygen atoms in total. The summed E-state index contributed by atoms with van der Waals surface area (Å²) in [5.74, 6) is 1.30. The monoisotopic (exact) mass is 1550 g/mol. The van der Waals surface area contributed by atoms with Crippen molar-refractivity contribution in [2.75, 3.05) is 40.6 Å². The Labute approximate surface area is 667 Å². The van der Waals surface area contributed by atoms with Gasteiger partial charge in [0, 0.05) is 75.2 Å². The predicted molar refractivity (Wildman–Crippen MR) is 432 cm³/mol. The molecule has 12 aromatic rings. The first kappa shape index (κ1) is 80.5. The van der Waals surface area contributed by atoms with Crippen molar-refractivity contribution in [2.24, 2.45) is 28.2 Å². The maximum Gasteiger partial charge on any atom is 0.341 e. The van der Waals surface area contributed by atoms with Crippen LogP contribution in [-0.2, 0) is 87.2 Å². The highest BCUT2D eigenvalue weighted by Crippen LogP contribution is 2.46. The SMILES string of the molecule is COC(=O)C(O)c1c(-c2ccc3c(c2)CCCO3)c(-c2ccccn2)nn1C.COC(=O)C(OC(C)(C)C)c1c(-c2ccc3c(c2)CCCO3)c(-c2ccccn2)nn1C.Cn1nc(-c2ccccn2)c(-c2ccc3c(c2)CCCO3)c1C(OC(C)(C)C)C(=O)O.Cn1nc(-c2ccccn2)c(-c2ccc3c(c2)CCCO3)c1C=O. The lowest BCUT2D eigenvalue weighted by Gasteiger charge is -2.27. The molecular weight excluding hydrogens is 1460 g/mol. The number of aliphatic hydroxyl groups is 1. The van der Waals surface area contributed by atoms with Gasteiger partial charge >= 0.3 is 17.9 Å². The highest BCUT2D eigenvalue weighted by Gasteiger charge is 2.38. The first-order valence-corrected chi connectivity index (χ1v) is 38.3. The highest BCUT2D eigenvalue weighted by molar-refractivity contribution is 5.94. The lowest BCUT2D eigenvalue weighted by atomic mass is 9.94. The van der Waals surface area contributed by atoms with Crippen LogP contribution in [0.15, 0.2) is 170 Å². The molecule has 0 saturated carbocycles. The number of rotatable bonds is 17. The van der Waals surface area contributed by atoms with E-state index in [-0.39, 0.29) is 0 Å². The van der Waals surface area contributed by atoms with Crippen LogP contribution in [0.1, 0.15) is 135 Å². The van der Waals surface area contributed by atoms with Gasteiger partial charge in [-0.25, -0.2) is 14.4 Å². The number of fused-ring (bicyclic) bond motifs is 4. The summed E-state index contributed by atoms with van der Waals surface area (Å²) in [7, 11) is 9.65. The third kappa shape index (κ3) is 18.1. The first-order chi connectivity index (χ1) is 55.4. The molecule has 0 saturated heterocycles. The van der Waals surface area contributed by atoms with Crippen LogP contribution >= 0.6 is 0 Å². The molecule has 0 spiro atoms. The minimum Gasteiger partial charge on any atom is -0.493 e. The Bertz CT molecular complexity index is 5470. The molecule has 3 atom stereocenters. The van der Waals surface area contributed by atoms with Gasteiger partial charge in [-0.05, 0) is 234 Å². The molecule has 2 N–H and O–H groups in total. The molecule has 4 aliphatic heterocycles. The van der Waals surface area contributed by atoms with Crippen molar-refractivity contribution in [1.82, 2.24) is 59.1 Å². The van der Waals surface area contributed by atoms with Crippen molar-refractivity contribution >= 4 is 24.2 Å². The van der Waals surface area contributed by atoms with E-state index in [0.717, 1.165) is 161 Å². The summed E-state index contributed by atoms with van der Waals surface area (Å²) < 4.78 is 51.4. The number of carboxylic acid groups (broad SMARTS) is 1. The van der Waals surface area contributed by atoms with E-state index < -0.39 is 47.4 Å². The predicted octanol–water partition coefficient (Wildman–Crippen LogP) is 14.9. The summed E-state index contributed by atoms with van der Waals surface area (Å²) in [6.07, 6.45) is 11.8. The molecule has 8 aromatic heterocycles. The van der Waals surface area contributed by atoms with Gasteiger partial charge in [-0.15, -0.1) is 0 Å². The summed E-state index contributed by atoms with van der Waals surface area (Å²) in [6, 6.07) is 46.6. The molecule has 0 fully saturated rings. The molecule has 4 aromatic carbocycles. The number of esters is 2. The summed E-state index contributed by atoms with van der Waals surface area (Å²) in [5.41, 5.74) is 17.4. The fourth-order valence-corrected chi connectivity index (χ4v) is 14.6. The molecule has 4 aliphatic rings. The lowest BCUT2D eigenvalue weighted by molar-refractivity contribution is -0.165. The van der Waals surface area contributed by atoms with Gasteiger partial charge < -0.3 is 48.1 Å². The van der Waals surface area contributed by atoms with Crippen molar-refractivity contribution in [1.29, 1.82) is 0 Å². The number of aliphatic hydroxyl groups excluding tert-OH is 1. The molecule has 3 unspecified atom stereocenters. The van der Waals surface area contributed by atoms with E-state index in [9.17, 15) is 29.4 Å². The number of aliphatic carboxylic acids is 1. The normalized spacial score (nSPS) is 14.1. The molecule has 0 radical (unpaired) electrons. The standard InChI is InChI=1S/C25H29N3O4.C24H27N3O4.C21H21N3O4.C19H17N3O2/c1-25(2,3)32-23(24(29)30-5)22-20(17-11-12-19-16(15-17)9-8-14-31-19)21(27-28(22)4)18-10-6-7-13-26-18;1-24(2,3)31-22(23(28)29)21-19(16-10-11-18-15(14-16)8-7-13-30-18)20(26-27(21)4)17-9-5-6-12-25-17;1-24-19(20(25)21(26)27-2)17(18(23-24)15-7-3-4-10-22-15)14-8-9-16-13(12-14)6-5-11-28-16;1-22-16(12-23)18(19(21-22)15-6-2-3-9-20-15)14-7-8-17-13(11-14)5-4-10-24-17/h6-7,10-13,15,23H,8-9,14H2,1-5H3;5-6,9-12,14,22H,7-8,13H2,1-4H3,(H,28,29);3-4,7-10,12,20,25H,5-6,11H2,1-2H3;2-3,6-9,11-12H,4-5,10H2,1H3. The summed E-state index contributed by atoms with van der Waals surface area (Å²) >= 11 is 0. The zero-order chi connectivity index (χ0) is 81.2. The number of benzene rings is 4. The largest absolute Gasteiger partial charge is 0.493 e. The van der Waals surface area contributed by atoms with Crippen molar-refractivity contribution in [2.45, 2.75) is 122 Å². The number of ether oxygens (including phenoxy) is 8.